The van der Waals surface area contributed by atoms with Gasteiger partial charge in [0.25, 0.3) is 0 Å². The first-order valence-electron chi connectivity index (χ1n) is 9.49. The summed E-state index contributed by atoms with van der Waals surface area (Å²) >= 11 is 5.86. The number of hydrogen-bond donors (Lipinski definition) is 1. The lowest BCUT2D eigenvalue weighted by atomic mass is 9.97. The van der Waals surface area contributed by atoms with Gasteiger partial charge in [0, 0.05) is 29.6 Å². The summed E-state index contributed by atoms with van der Waals surface area (Å²) < 4.78 is 46.0. The maximum Gasteiger partial charge on any atom is 0.322 e. The van der Waals surface area contributed by atoms with Crippen molar-refractivity contribution in [3.8, 4) is 11.5 Å². The average molecular weight is 465 g/mol. The van der Waals surface area contributed by atoms with Crippen LogP contribution in [0.2, 0.25) is 5.02 Å². The van der Waals surface area contributed by atoms with Crippen LogP contribution in [-0.4, -0.2) is 41.9 Å². The molecule has 162 valence electrons. The molecule has 0 radical (unpaired) electrons. The van der Waals surface area contributed by atoms with Crippen molar-refractivity contribution in [3.63, 3.8) is 0 Å². The van der Waals surface area contributed by atoms with Gasteiger partial charge in [0.05, 0.1) is 0 Å². The van der Waals surface area contributed by atoms with Crippen molar-refractivity contribution in [1.82, 2.24) is 14.5 Å². The summed E-state index contributed by atoms with van der Waals surface area (Å²) in [4.78, 5) is 12.2. The van der Waals surface area contributed by atoms with E-state index in [2.05, 4.69) is 15.5 Å². The Morgan fingerprint density at radius 1 is 1.10 bits per heavy atom. The zero-order valence-corrected chi connectivity index (χ0v) is 17.7. The van der Waals surface area contributed by atoms with Crippen molar-refractivity contribution < 1.29 is 22.0 Å². The Morgan fingerprint density at radius 3 is 2.45 bits per heavy atom. The lowest BCUT2D eigenvalue weighted by Crippen LogP contribution is -2.41. The molecule has 11 heteroatoms. The molecule has 0 bridgehead atoms. The molecule has 0 aliphatic carbocycles. The van der Waals surface area contributed by atoms with E-state index in [0.717, 1.165) is 6.07 Å². The van der Waals surface area contributed by atoms with Gasteiger partial charge < -0.3 is 4.42 Å². The van der Waals surface area contributed by atoms with Gasteiger partial charge in [-0.15, -0.1) is 5.10 Å². The highest BCUT2D eigenvalue weighted by Gasteiger charge is 2.33. The molecular formula is C20H18ClFN4O4S. The van der Waals surface area contributed by atoms with Gasteiger partial charge in [-0.1, -0.05) is 28.8 Å². The maximum absolute atomic E-state index is 13.9. The molecule has 1 aliphatic heterocycles. The van der Waals surface area contributed by atoms with Crippen molar-refractivity contribution in [3.05, 3.63) is 59.4 Å². The topological polar surface area (TPSA) is 105 Å². The number of sulfonamides is 1. The Morgan fingerprint density at radius 2 is 1.77 bits per heavy atom. The lowest BCUT2D eigenvalue weighted by Gasteiger charge is -2.30. The number of carbonyl (C=O) groups excluding carboxylic acids is 1. The smallest absolute Gasteiger partial charge is 0.322 e. The van der Waals surface area contributed by atoms with Crippen LogP contribution in [-0.2, 0) is 14.8 Å². The summed E-state index contributed by atoms with van der Waals surface area (Å²) in [5.41, 5.74) is 0.657. The van der Waals surface area contributed by atoms with E-state index in [-0.39, 0.29) is 48.6 Å². The van der Waals surface area contributed by atoms with Gasteiger partial charge in [-0.05, 0) is 49.2 Å². The average Bonchev–Trinajstić information content (AvgIpc) is 3.23. The summed E-state index contributed by atoms with van der Waals surface area (Å²) in [6, 6.07) is 12.0. The number of nitrogens with one attached hydrogen (secondary N) is 1. The van der Waals surface area contributed by atoms with Crippen molar-refractivity contribution in [2.45, 2.75) is 17.7 Å². The van der Waals surface area contributed by atoms with Gasteiger partial charge in [-0.25, -0.2) is 12.8 Å². The Balaban J connectivity index is 1.37. The number of nitrogens with zero attached hydrogens (tertiary/aromatic N) is 3. The number of amides is 1. The van der Waals surface area contributed by atoms with Crippen LogP contribution < -0.4 is 5.32 Å². The molecule has 4 rings (SSSR count). The minimum Gasteiger partial charge on any atom is -0.403 e. The molecule has 1 aromatic heterocycles. The minimum atomic E-state index is -3.95. The third-order valence-electron chi connectivity index (χ3n) is 5.03. The summed E-state index contributed by atoms with van der Waals surface area (Å²) in [6.07, 6.45) is 0.579. The number of carbonyl (C=O) groups is 1. The second-order valence-electron chi connectivity index (χ2n) is 7.02. The van der Waals surface area contributed by atoms with Crippen LogP contribution in [0.5, 0.6) is 0 Å². The van der Waals surface area contributed by atoms with Crippen LogP contribution >= 0.6 is 11.6 Å². The number of anilines is 1. The fourth-order valence-electron chi connectivity index (χ4n) is 3.34. The summed E-state index contributed by atoms with van der Waals surface area (Å²) in [5, 5.41) is 10.9. The fourth-order valence-corrected chi connectivity index (χ4v) is 5.00. The van der Waals surface area contributed by atoms with Crippen LogP contribution in [0.4, 0.5) is 10.4 Å². The molecule has 1 fully saturated rings. The van der Waals surface area contributed by atoms with Crippen LogP contribution in [0, 0.1) is 11.7 Å². The largest absolute Gasteiger partial charge is 0.403 e. The third kappa shape index (κ3) is 4.60. The molecule has 31 heavy (non-hydrogen) atoms. The summed E-state index contributed by atoms with van der Waals surface area (Å²) in [5.74, 6) is -1.33. The minimum absolute atomic E-state index is 0.0450. The molecule has 3 aromatic rings. The maximum atomic E-state index is 13.9. The highest BCUT2D eigenvalue weighted by molar-refractivity contribution is 7.89. The van der Waals surface area contributed by atoms with Gasteiger partial charge >= 0.3 is 6.01 Å². The molecule has 1 N–H and O–H groups in total. The fraction of sp³-hybridized carbons (Fsp3) is 0.250. The Bertz CT molecular complexity index is 1190. The summed E-state index contributed by atoms with van der Waals surface area (Å²) in [6.45, 7) is 0.212. The van der Waals surface area contributed by atoms with Gasteiger partial charge in [0.15, 0.2) is 0 Å². The highest BCUT2D eigenvalue weighted by atomic mass is 35.5. The van der Waals surface area contributed by atoms with Crippen LogP contribution in [0.15, 0.2) is 57.8 Å². The molecule has 8 nitrogen and oxygen atoms in total. The van der Waals surface area contributed by atoms with Crippen molar-refractivity contribution in [2.75, 3.05) is 18.4 Å². The Labute approximate surface area is 183 Å². The summed E-state index contributed by atoms with van der Waals surface area (Å²) in [7, 11) is -3.95. The van der Waals surface area contributed by atoms with E-state index in [1.165, 1.54) is 22.5 Å². The number of aromatic nitrogens is 2. The molecule has 0 spiro atoms. The van der Waals surface area contributed by atoms with Gasteiger partial charge in [-0.3, -0.25) is 10.1 Å². The second kappa shape index (κ2) is 8.74. The van der Waals surface area contributed by atoms with E-state index in [0.29, 0.717) is 10.6 Å². The standard InChI is InChI=1S/C20H18ClFN4O4S/c21-15-7-5-14(6-8-15)19-24-25-20(30-19)23-18(27)13-9-11-26(12-10-13)31(28,29)17-4-2-1-3-16(17)22/h1-8,13H,9-12H2,(H,23,25,27). The van der Waals surface area contributed by atoms with Crippen molar-refractivity contribution in [2.24, 2.45) is 5.92 Å². The molecule has 0 unspecified atom stereocenters. The molecule has 2 heterocycles. The zero-order valence-electron chi connectivity index (χ0n) is 16.2. The first kappa shape index (κ1) is 21.4. The second-order valence-corrected chi connectivity index (χ2v) is 9.36. The monoisotopic (exact) mass is 464 g/mol. The Kier molecular flexibility index (Phi) is 6.03. The van der Waals surface area contributed by atoms with E-state index < -0.39 is 21.8 Å². The molecule has 1 amide bonds. The van der Waals surface area contributed by atoms with Gasteiger partial charge in [0.1, 0.15) is 10.7 Å². The normalized spacial score (nSPS) is 15.7. The van der Waals surface area contributed by atoms with Crippen LogP contribution in [0.1, 0.15) is 12.8 Å². The number of hydrogen-bond acceptors (Lipinski definition) is 6. The predicted molar refractivity (Wildman–Crippen MR) is 111 cm³/mol. The first-order valence-corrected chi connectivity index (χ1v) is 11.3. The molecular weight excluding hydrogens is 447 g/mol. The lowest BCUT2D eigenvalue weighted by molar-refractivity contribution is -0.121. The molecule has 0 saturated carbocycles. The zero-order chi connectivity index (χ0) is 22.0. The predicted octanol–water partition coefficient (Wildman–Crippen LogP) is 3.57. The molecule has 1 aliphatic rings. The SMILES string of the molecule is O=C(Nc1nnc(-c2ccc(Cl)cc2)o1)C1CCN(S(=O)(=O)c2ccccc2F)CC1. The van der Waals surface area contributed by atoms with Crippen molar-refractivity contribution in [1.29, 1.82) is 0 Å². The van der Waals surface area contributed by atoms with E-state index in [9.17, 15) is 17.6 Å². The first-order chi connectivity index (χ1) is 14.8. The number of halogens is 2. The highest BCUT2D eigenvalue weighted by Crippen LogP contribution is 2.27. The van der Waals surface area contributed by atoms with Crippen LogP contribution in [0.3, 0.4) is 0 Å². The van der Waals surface area contributed by atoms with E-state index >= 15 is 0 Å². The van der Waals surface area contributed by atoms with Gasteiger partial charge in [0.2, 0.25) is 21.8 Å². The van der Waals surface area contributed by atoms with Crippen LogP contribution in [0.25, 0.3) is 11.5 Å². The number of rotatable bonds is 5. The number of benzene rings is 2. The number of piperidine rings is 1. The van der Waals surface area contributed by atoms with E-state index in [1.807, 2.05) is 0 Å². The third-order valence-corrected chi connectivity index (χ3v) is 7.21. The molecule has 1 saturated heterocycles. The molecule has 0 atom stereocenters. The quantitative estimate of drug-likeness (QED) is 0.618. The Hall–Kier alpha value is -2.82. The van der Waals surface area contributed by atoms with Crippen molar-refractivity contribution >= 4 is 33.5 Å². The molecule has 2 aromatic carbocycles. The van der Waals surface area contributed by atoms with E-state index in [1.54, 1.807) is 24.3 Å². The van der Waals surface area contributed by atoms with E-state index in [4.69, 9.17) is 16.0 Å². The van der Waals surface area contributed by atoms with Gasteiger partial charge in [-0.2, -0.15) is 4.31 Å².